The molecule has 0 unspecified atom stereocenters. The minimum Gasteiger partial charge on any atom is -0.313 e. The molecule has 1 aliphatic rings. The van der Waals surface area contributed by atoms with Crippen LogP contribution in [-0.4, -0.2) is 19.1 Å². The van der Waals surface area contributed by atoms with Gasteiger partial charge >= 0.3 is 0 Å². The largest absolute Gasteiger partial charge is 0.313 e. The van der Waals surface area contributed by atoms with Crippen LogP contribution in [0.15, 0.2) is 11.4 Å². The van der Waals surface area contributed by atoms with Crippen molar-refractivity contribution in [3.05, 3.63) is 21.9 Å². The van der Waals surface area contributed by atoms with Crippen molar-refractivity contribution in [3.63, 3.8) is 0 Å². The molecule has 0 aliphatic heterocycles. The number of hydrogen-bond acceptors (Lipinski definition) is 3. The number of aryl methyl sites for hydroxylation is 1. The van der Waals surface area contributed by atoms with Gasteiger partial charge in [-0.1, -0.05) is 12.8 Å². The predicted octanol–water partition coefficient (Wildman–Crippen LogP) is 2.68. The zero-order valence-electron chi connectivity index (χ0n) is 10.1. The van der Waals surface area contributed by atoms with Gasteiger partial charge in [0, 0.05) is 30.6 Å². The molecule has 0 atom stereocenters. The van der Waals surface area contributed by atoms with Crippen molar-refractivity contribution < 1.29 is 0 Å². The third-order valence-corrected chi connectivity index (χ3v) is 4.37. The molecule has 1 fully saturated rings. The molecule has 2 nitrogen and oxygen atoms in total. The summed E-state index contributed by atoms with van der Waals surface area (Å²) in [6, 6.07) is 2.99. The Hall–Kier alpha value is -0.380. The highest BCUT2D eigenvalue weighted by molar-refractivity contribution is 7.10. The van der Waals surface area contributed by atoms with Crippen molar-refractivity contribution >= 4 is 11.3 Å². The fourth-order valence-corrected chi connectivity index (χ4v) is 3.16. The summed E-state index contributed by atoms with van der Waals surface area (Å²) >= 11 is 1.85. The number of thiophene rings is 1. The van der Waals surface area contributed by atoms with Gasteiger partial charge in [-0.2, -0.15) is 0 Å². The molecule has 3 heteroatoms. The Morgan fingerprint density at radius 1 is 1.31 bits per heavy atom. The lowest BCUT2D eigenvalue weighted by atomic mass is 10.2. The Kier molecular flexibility index (Phi) is 4.82. The van der Waals surface area contributed by atoms with E-state index in [1.165, 1.54) is 36.1 Å². The van der Waals surface area contributed by atoms with Crippen LogP contribution >= 0.6 is 11.3 Å². The number of rotatable bonds is 6. The molecule has 0 bridgehead atoms. The number of nitrogens with one attached hydrogen (secondary N) is 2. The second kappa shape index (κ2) is 6.38. The Morgan fingerprint density at radius 2 is 2.12 bits per heavy atom. The van der Waals surface area contributed by atoms with Crippen molar-refractivity contribution in [2.45, 2.75) is 45.2 Å². The highest BCUT2D eigenvalue weighted by Crippen LogP contribution is 2.17. The van der Waals surface area contributed by atoms with Crippen molar-refractivity contribution in [3.8, 4) is 0 Å². The molecule has 90 valence electrons. The third kappa shape index (κ3) is 3.58. The number of hydrogen-bond donors (Lipinski definition) is 2. The van der Waals surface area contributed by atoms with E-state index in [1.807, 2.05) is 11.3 Å². The molecule has 0 radical (unpaired) electrons. The van der Waals surface area contributed by atoms with Crippen LogP contribution < -0.4 is 10.6 Å². The maximum absolute atomic E-state index is 3.62. The molecule has 1 aromatic rings. The molecule has 1 heterocycles. The van der Waals surface area contributed by atoms with E-state index in [9.17, 15) is 0 Å². The van der Waals surface area contributed by atoms with Crippen LogP contribution in [0.1, 0.15) is 36.1 Å². The van der Waals surface area contributed by atoms with Crippen LogP contribution in [0.2, 0.25) is 0 Å². The SMILES string of the molecule is Cc1ccsc1CNCCNC1CCCC1. The Morgan fingerprint density at radius 3 is 2.81 bits per heavy atom. The van der Waals surface area contributed by atoms with E-state index in [0.717, 1.165) is 25.7 Å². The first-order valence-electron chi connectivity index (χ1n) is 6.33. The van der Waals surface area contributed by atoms with E-state index in [0.29, 0.717) is 0 Å². The van der Waals surface area contributed by atoms with Gasteiger partial charge in [0.1, 0.15) is 0 Å². The van der Waals surface area contributed by atoms with Gasteiger partial charge in [0.05, 0.1) is 0 Å². The van der Waals surface area contributed by atoms with E-state index in [1.54, 1.807) is 0 Å². The van der Waals surface area contributed by atoms with Crippen LogP contribution in [0, 0.1) is 6.92 Å². The highest BCUT2D eigenvalue weighted by atomic mass is 32.1. The first-order chi connectivity index (χ1) is 7.86. The summed E-state index contributed by atoms with van der Waals surface area (Å²) in [5, 5.41) is 9.29. The van der Waals surface area contributed by atoms with E-state index >= 15 is 0 Å². The zero-order valence-corrected chi connectivity index (χ0v) is 10.9. The van der Waals surface area contributed by atoms with Crippen molar-refractivity contribution in [2.75, 3.05) is 13.1 Å². The van der Waals surface area contributed by atoms with Gasteiger partial charge in [-0.15, -0.1) is 11.3 Å². The molecule has 2 rings (SSSR count). The minimum absolute atomic E-state index is 0.797. The van der Waals surface area contributed by atoms with Gasteiger partial charge in [0.15, 0.2) is 0 Å². The fourth-order valence-electron chi connectivity index (χ4n) is 2.28. The normalized spacial score (nSPS) is 17.1. The van der Waals surface area contributed by atoms with Gasteiger partial charge in [0.2, 0.25) is 0 Å². The lowest BCUT2D eigenvalue weighted by molar-refractivity contribution is 0.509. The molecule has 1 aromatic heterocycles. The van der Waals surface area contributed by atoms with Crippen molar-refractivity contribution in [1.29, 1.82) is 0 Å². The summed E-state index contributed by atoms with van der Waals surface area (Å²) in [6.07, 6.45) is 5.59. The smallest absolute Gasteiger partial charge is 0.0302 e. The molecular weight excluding hydrogens is 216 g/mol. The van der Waals surface area contributed by atoms with E-state index < -0.39 is 0 Å². The van der Waals surface area contributed by atoms with Gasteiger partial charge in [-0.25, -0.2) is 0 Å². The standard InChI is InChI=1S/C13H22N2S/c1-11-6-9-16-13(11)10-14-7-8-15-12-4-2-3-5-12/h6,9,12,14-15H,2-5,7-8,10H2,1H3. The quantitative estimate of drug-likeness (QED) is 0.745. The van der Waals surface area contributed by atoms with Crippen LogP contribution in [-0.2, 0) is 6.54 Å². The molecule has 0 aromatic carbocycles. The molecule has 2 N–H and O–H groups in total. The van der Waals surface area contributed by atoms with Crippen LogP contribution in [0.25, 0.3) is 0 Å². The molecule has 16 heavy (non-hydrogen) atoms. The summed E-state index contributed by atoms with van der Waals surface area (Å²) in [5.41, 5.74) is 1.42. The molecule has 0 spiro atoms. The van der Waals surface area contributed by atoms with Crippen molar-refractivity contribution in [1.82, 2.24) is 10.6 Å². The molecular formula is C13H22N2S. The Labute approximate surface area is 102 Å². The summed E-state index contributed by atoms with van der Waals surface area (Å²) in [6.45, 7) is 5.39. The monoisotopic (exact) mass is 238 g/mol. The third-order valence-electron chi connectivity index (χ3n) is 3.34. The maximum atomic E-state index is 3.62. The summed E-state index contributed by atoms with van der Waals surface area (Å²) in [5.74, 6) is 0. The first-order valence-corrected chi connectivity index (χ1v) is 7.21. The maximum Gasteiger partial charge on any atom is 0.0302 e. The topological polar surface area (TPSA) is 24.1 Å². The van der Waals surface area contributed by atoms with Gasteiger partial charge < -0.3 is 10.6 Å². The minimum atomic E-state index is 0.797. The summed E-state index contributed by atoms with van der Waals surface area (Å²) in [7, 11) is 0. The Balaban J connectivity index is 1.53. The average Bonchev–Trinajstić information content (AvgIpc) is 2.90. The molecule has 1 saturated carbocycles. The van der Waals surface area contributed by atoms with Gasteiger partial charge in [-0.05, 0) is 36.8 Å². The first kappa shape index (κ1) is 12.1. The van der Waals surface area contributed by atoms with Crippen LogP contribution in [0.3, 0.4) is 0 Å². The second-order valence-electron chi connectivity index (χ2n) is 4.64. The van der Waals surface area contributed by atoms with Crippen molar-refractivity contribution in [2.24, 2.45) is 0 Å². The lowest BCUT2D eigenvalue weighted by Crippen LogP contribution is -2.33. The fraction of sp³-hybridized carbons (Fsp3) is 0.692. The van der Waals surface area contributed by atoms with E-state index in [2.05, 4.69) is 29.0 Å². The molecule has 0 saturated heterocycles. The second-order valence-corrected chi connectivity index (χ2v) is 5.64. The summed E-state index contributed by atoms with van der Waals surface area (Å²) in [4.78, 5) is 1.47. The van der Waals surface area contributed by atoms with Crippen LogP contribution in [0.4, 0.5) is 0 Å². The van der Waals surface area contributed by atoms with Gasteiger partial charge in [-0.3, -0.25) is 0 Å². The van der Waals surface area contributed by atoms with Gasteiger partial charge in [0.25, 0.3) is 0 Å². The average molecular weight is 238 g/mol. The molecule has 1 aliphatic carbocycles. The zero-order chi connectivity index (χ0) is 11.2. The summed E-state index contributed by atoms with van der Waals surface area (Å²) < 4.78 is 0. The lowest BCUT2D eigenvalue weighted by Gasteiger charge is -2.11. The predicted molar refractivity (Wildman–Crippen MR) is 71.0 cm³/mol. The highest BCUT2D eigenvalue weighted by Gasteiger charge is 2.12. The Bertz CT molecular complexity index is 303. The molecule has 0 amide bonds. The van der Waals surface area contributed by atoms with E-state index in [-0.39, 0.29) is 0 Å². The van der Waals surface area contributed by atoms with E-state index in [4.69, 9.17) is 0 Å². The van der Waals surface area contributed by atoms with Crippen LogP contribution in [0.5, 0.6) is 0 Å².